The molecule has 0 amide bonds. The Balaban J connectivity index is 2.40. The Hall–Kier alpha value is -1.59. The number of methoxy groups -OCH3 is 2. The minimum absolute atomic E-state index is 0.0637. The number of nitrogens with zero attached hydrogens (tertiary/aromatic N) is 1. The molecule has 0 saturated carbocycles. The van der Waals surface area contributed by atoms with Gasteiger partial charge in [0.15, 0.2) is 11.5 Å². The molecule has 0 aliphatic rings. The average molecular weight is 306 g/mol. The fraction of sp³-hybridized carbons (Fsp3) is 0.438. The summed E-state index contributed by atoms with van der Waals surface area (Å²) in [5.41, 5.74) is 2.29. The van der Waals surface area contributed by atoms with Crippen molar-refractivity contribution in [1.29, 1.82) is 0 Å². The predicted molar refractivity (Wildman–Crippen MR) is 86.7 cm³/mol. The van der Waals surface area contributed by atoms with Crippen molar-refractivity contribution in [3.8, 4) is 11.5 Å². The minimum atomic E-state index is 0.0637. The average Bonchev–Trinajstić information content (AvgIpc) is 2.88. The molecule has 0 fully saturated rings. The van der Waals surface area contributed by atoms with Crippen LogP contribution in [0.3, 0.4) is 0 Å². The first-order valence-electron chi connectivity index (χ1n) is 6.99. The summed E-state index contributed by atoms with van der Waals surface area (Å²) in [7, 11) is 5.24. The maximum Gasteiger partial charge on any atom is 0.161 e. The predicted octanol–water partition coefficient (Wildman–Crippen LogP) is 3.34. The lowest BCUT2D eigenvalue weighted by Gasteiger charge is -2.16. The number of ether oxygens (including phenoxy) is 2. The van der Waals surface area contributed by atoms with E-state index in [1.54, 1.807) is 25.6 Å². The maximum absolute atomic E-state index is 5.39. The molecule has 0 radical (unpaired) electrons. The van der Waals surface area contributed by atoms with Gasteiger partial charge in [-0.3, -0.25) is 0 Å². The zero-order chi connectivity index (χ0) is 15.4. The largest absolute Gasteiger partial charge is 0.493 e. The van der Waals surface area contributed by atoms with E-state index in [1.807, 2.05) is 25.2 Å². The molecule has 5 heteroatoms. The Morgan fingerprint density at radius 3 is 2.48 bits per heavy atom. The van der Waals surface area contributed by atoms with Crippen LogP contribution in [0.2, 0.25) is 0 Å². The number of aromatic nitrogens is 1. The van der Waals surface area contributed by atoms with Gasteiger partial charge in [-0.25, -0.2) is 4.98 Å². The Kier molecular flexibility index (Phi) is 5.20. The van der Waals surface area contributed by atoms with Gasteiger partial charge in [0, 0.05) is 4.88 Å². The van der Waals surface area contributed by atoms with Gasteiger partial charge in [0.25, 0.3) is 0 Å². The number of benzene rings is 1. The highest BCUT2D eigenvalue weighted by Crippen LogP contribution is 2.34. The van der Waals surface area contributed by atoms with Crippen molar-refractivity contribution in [2.75, 3.05) is 21.3 Å². The summed E-state index contributed by atoms with van der Waals surface area (Å²) in [6.07, 6.45) is 0.963. The summed E-state index contributed by atoms with van der Waals surface area (Å²) >= 11 is 1.74. The number of rotatable bonds is 6. The van der Waals surface area contributed by atoms with Crippen LogP contribution in [0.4, 0.5) is 0 Å². The number of thiazole rings is 1. The summed E-state index contributed by atoms with van der Waals surface area (Å²) in [6, 6.07) is 6.04. The van der Waals surface area contributed by atoms with Gasteiger partial charge >= 0.3 is 0 Å². The van der Waals surface area contributed by atoms with Crippen molar-refractivity contribution in [2.24, 2.45) is 0 Å². The SMILES string of the molecule is CCc1nc(C(NC)c2ccc(OC)c(OC)c2)sc1C. The van der Waals surface area contributed by atoms with E-state index in [4.69, 9.17) is 14.5 Å². The van der Waals surface area contributed by atoms with Crippen LogP contribution in [-0.2, 0) is 6.42 Å². The first-order chi connectivity index (χ1) is 10.1. The molecular weight excluding hydrogens is 284 g/mol. The van der Waals surface area contributed by atoms with Crippen LogP contribution in [0, 0.1) is 6.92 Å². The molecule has 2 rings (SSSR count). The number of hydrogen-bond donors (Lipinski definition) is 1. The Labute approximate surface area is 130 Å². The highest BCUT2D eigenvalue weighted by atomic mass is 32.1. The van der Waals surface area contributed by atoms with Gasteiger partial charge in [0.05, 0.1) is 26.0 Å². The summed E-state index contributed by atoms with van der Waals surface area (Å²) in [5.74, 6) is 1.47. The normalized spacial score (nSPS) is 12.2. The smallest absolute Gasteiger partial charge is 0.161 e. The second kappa shape index (κ2) is 6.91. The molecule has 4 nitrogen and oxygen atoms in total. The summed E-state index contributed by atoms with van der Waals surface area (Å²) in [4.78, 5) is 6.04. The first-order valence-corrected chi connectivity index (χ1v) is 7.81. The molecular formula is C16H22N2O2S. The third-order valence-corrected chi connectivity index (χ3v) is 4.60. The molecule has 1 unspecified atom stereocenters. The monoisotopic (exact) mass is 306 g/mol. The zero-order valence-electron chi connectivity index (χ0n) is 13.2. The van der Waals surface area contributed by atoms with Gasteiger partial charge in [-0.2, -0.15) is 0 Å². The highest BCUT2D eigenvalue weighted by molar-refractivity contribution is 7.11. The lowest BCUT2D eigenvalue weighted by Crippen LogP contribution is -2.17. The van der Waals surface area contributed by atoms with E-state index in [-0.39, 0.29) is 6.04 Å². The Morgan fingerprint density at radius 2 is 1.95 bits per heavy atom. The van der Waals surface area contributed by atoms with Crippen LogP contribution in [-0.4, -0.2) is 26.3 Å². The second-order valence-electron chi connectivity index (χ2n) is 4.74. The molecule has 0 bridgehead atoms. The molecule has 21 heavy (non-hydrogen) atoms. The zero-order valence-corrected chi connectivity index (χ0v) is 14.0. The van der Waals surface area contributed by atoms with E-state index in [9.17, 15) is 0 Å². The van der Waals surface area contributed by atoms with Gasteiger partial charge in [0.1, 0.15) is 5.01 Å². The van der Waals surface area contributed by atoms with Crippen LogP contribution < -0.4 is 14.8 Å². The molecule has 0 aliphatic heterocycles. The summed E-state index contributed by atoms with van der Waals surface area (Å²) in [5, 5.41) is 4.42. The van der Waals surface area contributed by atoms with E-state index < -0.39 is 0 Å². The molecule has 1 aromatic heterocycles. The van der Waals surface area contributed by atoms with Crippen LogP contribution in [0.1, 0.15) is 34.1 Å². The van der Waals surface area contributed by atoms with Crippen molar-refractivity contribution in [2.45, 2.75) is 26.3 Å². The lowest BCUT2D eigenvalue weighted by molar-refractivity contribution is 0.354. The summed E-state index contributed by atoms with van der Waals surface area (Å²) < 4.78 is 10.7. The van der Waals surface area contributed by atoms with Gasteiger partial charge in [0.2, 0.25) is 0 Å². The fourth-order valence-electron chi connectivity index (χ4n) is 2.37. The van der Waals surface area contributed by atoms with Gasteiger partial charge in [-0.15, -0.1) is 11.3 Å². The molecule has 1 aromatic carbocycles. The van der Waals surface area contributed by atoms with Gasteiger partial charge in [-0.1, -0.05) is 13.0 Å². The lowest BCUT2D eigenvalue weighted by atomic mass is 10.1. The minimum Gasteiger partial charge on any atom is -0.493 e. The van der Waals surface area contributed by atoms with E-state index in [0.29, 0.717) is 0 Å². The van der Waals surface area contributed by atoms with Gasteiger partial charge < -0.3 is 14.8 Å². The molecule has 0 spiro atoms. The Morgan fingerprint density at radius 1 is 1.24 bits per heavy atom. The van der Waals surface area contributed by atoms with E-state index >= 15 is 0 Å². The quantitative estimate of drug-likeness (QED) is 0.889. The van der Waals surface area contributed by atoms with Crippen LogP contribution in [0.25, 0.3) is 0 Å². The highest BCUT2D eigenvalue weighted by Gasteiger charge is 2.19. The fourth-order valence-corrected chi connectivity index (χ4v) is 3.52. The van der Waals surface area contributed by atoms with Crippen LogP contribution >= 0.6 is 11.3 Å². The van der Waals surface area contributed by atoms with Crippen molar-refractivity contribution in [3.05, 3.63) is 39.3 Å². The van der Waals surface area contributed by atoms with Crippen LogP contribution in [0.15, 0.2) is 18.2 Å². The molecule has 114 valence electrons. The van der Waals surface area contributed by atoms with Gasteiger partial charge in [-0.05, 0) is 38.1 Å². The van der Waals surface area contributed by atoms with E-state index in [2.05, 4.69) is 19.2 Å². The topological polar surface area (TPSA) is 43.4 Å². The molecule has 1 heterocycles. The molecule has 2 aromatic rings. The Bertz CT molecular complexity index is 610. The maximum atomic E-state index is 5.39. The number of hydrogen-bond acceptors (Lipinski definition) is 5. The van der Waals surface area contributed by atoms with E-state index in [0.717, 1.165) is 28.5 Å². The molecule has 0 saturated heterocycles. The second-order valence-corrected chi connectivity index (χ2v) is 5.98. The van der Waals surface area contributed by atoms with Crippen LogP contribution in [0.5, 0.6) is 11.5 Å². The standard InChI is InChI=1S/C16H22N2O2S/c1-6-12-10(2)21-16(18-12)15(17-3)11-7-8-13(19-4)14(9-11)20-5/h7-9,15,17H,6H2,1-5H3. The van der Waals surface area contributed by atoms with Crippen molar-refractivity contribution >= 4 is 11.3 Å². The summed E-state index contributed by atoms with van der Waals surface area (Å²) in [6.45, 7) is 4.26. The molecule has 1 atom stereocenters. The molecule has 0 aliphatic carbocycles. The van der Waals surface area contributed by atoms with Crippen molar-refractivity contribution < 1.29 is 9.47 Å². The molecule has 1 N–H and O–H groups in total. The third-order valence-electron chi connectivity index (χ3n) is 3.52. The van der Waals surface area contributed by atoms with E-state index in [1.165, 1.54) is 10.6 Å². The first kappa shape index (κ1) is 15.8. The van der Waals surface area contributed by atoms with Crippen molar-refractivity contribution in [3.63, 3.8) is 0 Å². The number of aryl methyl sites for hydroxylation is 2. The van der Waals surface area contributed by atoms with Crippen molar-refractivity contribution in [1.82, 2.24) is 10.3 Å². The third kappa shape index (κ3) is 3.19. The number of nitrogens with one attached hydrogen (secondary N) is 1.